The van der Waals surface area contributed by atoms with E-state index in [9.17, 15) is 9.59 Å². The van der Waals surface area contributed by atoms with Crippen molar-refractivity contribution in [1.29, 1.82) is 0 Å². The maximum Gasteiger partial charge on any atom is 0.263 e. The van der Waals surface area contributed by atoms with Crippen LogP contribution in [0.25, 0.3) is 10.2 Å². The van der Waals surface area contributed by atoms with Gasteiger partial charge in [-0.05, 0) is 54.0 Å². The van der Waals surface area contributed by atoms with Gasteiger partial charge in [0, 0.05) is 24.0 Å². The summed E-state index contributed by atoms with van der Waals surface area (Å²) in [5.74, 6) is 0.0817. The summed E-state index contributed by atoms with van der Waals surface area (Å²) in [6.07, 6.45) is 0. The van der Waals surface area contributed by atoms with E-state index in [0.29, 0.717) is 23.6 Å². The van der Waals surface area contributed by atoms with Crippen LogP contribution in [0.15, 0.2) is 9.95 Å². The Kier molecular flexibility index (Phi) is 6.32. The molecule has 0 saturated heterocycles. The monoisotopic (exact) mass is 381 g/mol. The van der Waals surface area contributed by atoms with E-state index in [1.54, 1.807) is 15.9 Å². The van der Waals surface area contributed by atoms with Crippen molar-refractivity contribution < 1.29 is 4.79 Å². The first kappa shape index (κ1) is 20.0. The number of fused-ring (bicyclic) bond motifs is 1. The van der Waals surface area contributed by atoms with E-state index in [2.05, 4.69) is 0 Å². The van der Waals surface area contributed by atoms with Gasteiger partial charge < -0.3 is 4.90 Å². The molecule has 0 fully saturated rings. The van der Waals surface area contributed by atoms with Gasteiger partial charge in [0.05, 0.1) is 10.6 Å². The Hall–Kier alpha value is -1.34. The van der Waals surface area contributed by atoms with Crippen molar-refractivity contribution in [3.05, 3.63) is 20.8 Å². The van der Waals surface area contributed by atoms with Crippen LogP contribution in [-0.4, -0.2) is 38.7 Å². The first-order valence-electron chi connectivity index (χ1n) is 8.70. The number of nitrogens with zero attached hydrogens (tertiary/aromatic N) is 3. The molecule has 25 heavy (non-hydrogen) atoms. The number of hydrogen-bond donors (Lipinski definition) is 0. The van der Waals surface area contributed by atoms with Gasteiger partial charge in [0.25, 0.3) is 5.56 Å². The summed E-state index contributed by atoms with van der Waals surface area (Å²) in [5.41, 5.74) is 1.00. The number of carbonyl (C=O) groups is 1. The largest absolute Gasteiger partial charge is 0.342 e. The molecular formula is C18H27N3O2S2. The maximum atomic E-state index is 13.0. The van der Waals surface area contributed by atoms with Gasteiger partial charge in [-0.15, -0.1) is 11.3 Å². The first-order valence-corrected chi connectivity index (χ1v) is 10.4. The zero-order valence-electron chi connectivity index (χ0n) is 16.0. The van der Waals surface area contributed by atoms with Gasteiger partial charge in [-0.3, -0.25) is 14.2 Å². The molecule has 0 N–H and O–H groups in total. The molecule has 1 atom stereocenters. The third-order valence-electron chi connectivity index (χ3n) is 4.42. The number of carbonyl (C=O) groups excluding carboxylic acids is 1. The van der Waals surface area contributed by atoms with Crippen molar-refractivity contribution >= 4 is 39.2 Å². The third-order valence-corrected chi connectivity index (χ3v) is 6.58. The molecule has 0 saturated carbocycles. The summed E-state index contributed by atoms with van der Waals surface area (Å²) >= 11 is 2.92. The van der Waals surface area contributed by atoms with Gasteiger partial charge in [-0.25, -0.2) is 4.98 Å². The molecular weight excluding hydrogens is 354 g/mol. The van der Waals surface area contributed by atoms with Crippen LogP contribution in [-0.2, 0) is 4.79 Å². The van der Waals surface area contributed by atoms with Crippen LogP contribution in [0.4, 0.5) is 0 Å². The number of thiophene rings is 1. The lowest BCUT2D eigenvalue weighted by molar-refractivity contribution is -0.129. The smallest absolute Gasteiger partial charge is 0.263 e. The fourth-order valence-corrected chi connectivity index (χ4v) is 5.02. The lowest BCUT2D eigenvalue weighted by Gasteiger charge is -2.23. The van der Waals surface area contributed by atoms with Gasteiger partial charge in [-0.2, -0.15) is 0 Å². The molecule has 0 radical (unpaired) electrons. The number of aryl methyl sites for hydroxylation is 2. The highest BCUT2D eigenvalue weighted by atomic mass is 32.2. The summed E-state index contributed by atoms with van der Waals surface area (Å²) in [6, 6.07) is -0.0118. The van der Waals surface area contributed by atoms with Crippen molar-refractivity contribution in [1.82, 2.24) is 14.5 Å². The lowest BCUT2D eigenvalue weighted by atomic mass is 10.2. The molecule has 0 aromatic carbocycles. The molecule has 0 spiro atoms. The van der Waals surface area contributed by atoms with Gasteiger partial charge in [0.15, 0.2) is 5.16 Å². The summed E-state index contributed by atoms with van der Waals surface area (Å²) in [4.78, 5) is 34.1. The number of aromatic nitrogens is 2. The van der Waals surface area contributed by atoms with Crippen LogP contribution in [0.1, 0.15) is 51.1 Å². The van der Waals surface area contributed by atoms with Crippen molar-refractivity contribution in [2.45, 2.75) is 64.9 Å². The van der Waals surface area contributed by atoms with Crippen LogP contribution in [0.3, 0.4) is 0 Å². The standard InChI is InChI=1S/C18H27N3O2S2/c1-8-20(9-2)16(22)13(7)25-18-19-15-14(11(5)12(6)24-15)17(23)21(18)10(3)4/h10,13H,8-9H2,1-7H3. The molecule has 2 rings (SSSR count). The second-order valence-corrected chi connectivity index (χ2v) is 8.91. The van der Waals surface area contributed by atoms with E-state index in [1.807, 2.05) is 53.4 Å². The second-order valence-electron chi connectivity index (χ2n) is 6.40. The molecule has 2 aromatic rings. The minimum atomic E-state index is -0.281. The van der Waals surface area contributed by atoms with Gasteiger partial charge in [0.1, 0.15) is 4.83 Å². The van der Waals surface area contributed by atoms with Gasteiger partial charge in [-0.1, -0.05) is 11.8 Å². The van der Waals surface area contributed by atoms with Crippen LogP contribution in [0.5, 0.6) is 0 Å². The quantitative estimate of drug-likeness (QED) is 0.560. The molecule has 7 heteroatoms. The van der Waals surface area contributed by atoms with Crippen molar-refractivity contribution in [2.24, 2.45) is 0 Å². The van der Waals surface area contributed by atoms with Crippen molar-refractivity contribution in [2.75, 3.05) is 13.1 Å². The Morgan fingerprint density at radius 3 is 2.36 bits per heavy atom. The highest BCUT2D eigenvalue weighted by Gasteiger charge is 2.24. The zero-order valence-corrected chi connectivity index (χ0v) is 17.7. The molecule has 0 aliphatic heterocycles. The Balaban J connectivity index is 2.52. The minimum absolute atomic E-state index is 0.00756. The molecule has 2 heterocycles. The Labute approximate surface area is 157 Å². The zero-order chi connectivity index (χ0) is 18.9. The molecule has 138 valence electrons. The molecule has 0 bridgehead atoms. The fraction of sp³-hybridized carbons (Fsp3) is 0.611. The van der Waals surface area contributed by atoms with Crippen LogP contribution < -0.4 is 5.56 Å². The first-order chi connectivity index (χ1) is 11.7. The predicted molar refractivity (Wildman–Crippen MR) is 107 cm³/mol. The molecule has 0 aliphatic carbocycles. The third kappa shape index (κ3) is 3.77. The van der Waals surface area contributed by atoms with Crippen molar-refractivity contribution in [3.63, 3.8) is 0 Å². The van der Waals surface area contributed by atoms with Gasteiger partial charge in [0.2, 0.25) is 5.91 Å². The number of hydrogen-bond acceptors (Lipinski definition) is 5. The van der Waals surface area contributed by atoms with E-state index in [1.165, 1.54) is 11.8 Å². The Morgan fingerprint density at radius 2 is 1.84 bits per heavy atom. The number of thioether (sulfide) groups is 1. The highest BCUT2D eigenvalue weighted by Crippen LogP contribution is 2.31. The topological polar surface area (TPSA) is 55.2 Å². The molecule has 1 amide bonds. The number of amides is 1. The average Bonchev–Trinajstić information content (AvgIpc) is 2.82. The summed E-state index contributed by atoms with van der Waals surface area (Å²) in [6.45, 7) is 15.2. The van der Waals surface area contributed by atoms with E-state index < -0.39 is 0 Å². The van der Waals surface area contributed by atoms with E-state index in [4.69, 9.17) is 4.98 Å². The minimum Gasteiger partial charge on any atom is -0.342 e. The average molecular weight is 382 g/mol. The fourth-order valence-electron chi connectivity index (χ4n) is 2.83. The van der Waals surface area contributed by atoms with Crippen LogP contribution >= 0.6 is 23.1 Å². The summed E-state index contributed by atoms with van der Waals surface area (Å²) in [7, 11) is 0. The molecule has 2 aromatic heterocycles. The Bertz CT molecular complexity index is 835. The van der Waals surface area contributed by atoms with Crippen LogP contribution in [0, 0.1) is 13.8 Å². The predicted octanol–water partition coefficient (Wildman–Crippen LogP) is 4.00. The molecule has 0 aliphatic rings. The molecule has 5 nitrogen and oxygen atoms in total. The van der Waals surface area contributed by atoms with E-state index in [-0.39, 0.29) is 22.8 Å². The maximum absolute atomic E-state index is 13.0. The van der Waals surface area contributed by atoms with E-state index in [0.717, 1.165) is 15.3 Å². The van der Waals surface area contributed by atoms with Crippen molar-refractivity contribution in [3.8, 4) is 0 Å². The Morgan fingerprint density at radius 1 is 1.24 bits per heavy atom. The number of rotatable bonds is 6. The second kappa shape index (κ2) is 7.91. The van der Waals surface area contributed by atoms with E-state index >= 15 is 0 Å². The van der Waals surface area contributed by atoms with Crippen LogP contribution in [0.2, 0.25) is 0 Å². The highest BCUT2D eigenvalue weighted by molar-refractivity contribution is 8.00. The lowest BCUT2D eigenvalue weighted by Crippen LogP contribution is -2.36. The normalized spacial score (nSPS) is 12.8. The molecule has 1 unspecified atom stereocenters. The summed E-state index contributed by atoms with van der Waals surface area (Å²) in [5, 5.41) is 1.06. The SMILES string of the molecule is CCN(CC)C(=O)C(C)Sc1nc2sc(C)c(C)c2c(=O)n1C(C)C. The summed E-state index contributed by atoms with van der Waals surface area (Å²) < 4.78 is 1.72. The van der Waals surface area contributed by atoms with Gasteiger partial charge >= 0.3 is 0 Å².